The molecule has 0 aromatic carbocycles. The number of likely N-dealkylation sites (tertiary alicyclic amines) is 1. The minimum absolute atomic E-state index is 0.722. The second-order valence-corrected chi connectivity index (χ2v) is 6.64. The predicted molar refractivity (Wildman–Crippen MR) is 76.3 cm³/mol. The predicted octanol–water partition coefficient (Wildman–Crippen LogP) is 2.99. The van der Waals surface area contributed by atoms with Gasteiger partial charge in [-0.1, -0.05) is 20.8 Å². The van der Waals surface area contributed by atoms with Crippen molar-refractivity contribution in [1.82, 2.24) is 10.2 Å². The van der Waals surface area contributed by atoms with E-state index in [1.165, 1.54) is 39.0 Å². The summed E-state index contributed by atoms with van der Waals surface area (Å²) in [5, 5.41) is 3.67. The third-order valence-electron chi connectivity index (χ3n) is 3.85. The summed E-state index contributed by atoms with van der Waals surface area (Å²) in [4.78, 5) is 2.60. The molecule has 2 nitrogen and oxygen atoms in total. The SMILES string of the molecule is CC(C)CC(C)CNCC1CCN(C(C)C)C1. The minimum Gasteiger partial charge on any atom is -0.316 e. The molecule has 17 heavy (non-hydrogen) atoms. The third-order valence-corrected chi connectivity index (χ3v) is 3.85. The maximum absolute atomic E-state index is 3.67. The maximum atomic E-state index is 3.67. The Morgan fingerprint density at radius 1 is 1.18 bits per heavy atom. The van der Waals surface area contributed by atoms with Gasteiger partial charge in [0.1, 0.15) is 0 Å². The standard InChI is InChI=1S/C15H32N2/c1-12(2)8-14(5)9-16-10-15-6-7-17(11-15)13(3)4/h12-16H,6-11H2,1-5H3. The molecule has 0 aromatic rings. The maximum Gasteiger partial charge on any atom is 0.00387 e. The van der Waals surface area contributed by atoms with Crippen molar-refractivity contribution < 1.29 is 0 Å². The highest BCUT2D eigenvalue weighted by molar-refractivity contribution is 4.79. The largest absolute Gasteiger partial charge is 0.316 e. The van der Waals surface area contributed by atoms with E-state index in [9.17, 15) is 0 Å². The first-order chi connectivity index (χ1) is 7.99. The van der Waals surface area contributed by atoms with Gasteiger partial charge < -0.3 is 10.2 Å². The molecule has 2 unspecified atom stereocenters. The molecule has 1 aliphatic heterocycles. The summed E-state index contributed by atoms with van der Waals surface area (Å²) >= 11 is 0. The van der Waals surface area contributed by atoms with E-state index >= 15 is 0 Å². The summed E-state index contributed by atoms with van der Waals surface area (Å²) in [6.07, 6.45) is 2.72. The van der Waals surface area contributed by atoms with E-state index in [4.69, 9.17) is 0 Å². The summed E-state index contributed by atoms with van der Waals surface area (Å²) in [6, 6.07) is 0.722. The topological polar surface area (TPSA) is 15.3 Å². The molecule has 2 heteroatoms. The molecular weight excluding hydrogens is 208 g/mol. The lowest BCUT2D eigenvalue weighted by Crippen LogP contribution is -2.32. The van der Waals surface area contributed by atoms with Crippen LogP contribution in [0.2, 0.25) is 0 Å². The number of nitrogens with zero attached hydrogens (tertiary/aromatic N) is 1. The van der Waals surface area contributed by atoms with Crippen LogP contribution in [-0.2, 0) is 0 Å². The molecule has 0 aliphatic carbocycles. The Balaban J connectivity index is 2.08. The van der Waals surface area contributed by atoms with Gasteiger partial charge in [-0.3, -0.25) is 0 Å². The van der Waals surface area contributed by atoms with Crippen LogP contribution in [0.1, 0.15) is 47.5 Å². The molecule has 0 bridgehead atoms. The number of hydrogen-bond donors (Lipinski definition) is 1. The van der Waals surface area contributed by atoms with Crippen molar-refractivity contribution in [1.29, 1.82) is 0 Å². The monoisotopic (exact) mass is 240 g/mol. The summed E-state index contributed by atoms with van der Waals surface area (Å²) < 4.78 is 0. The van der Waals surface area contributed by atoms with Crippen molar-refractivity contribution in [2.24, 2.45) is 17.8 Å². The highest BCUT2D eigenvalue weighted by atomic mass is 15.2. The molecule has 0 saturated carbocycles. The second kappa shape index (κ2) is 7.38. The van der Waals surface area contributed by atoms with Crippen molar-refractivity contribution >= 4 is 0 Å². The zero-order valence-corrected chi connectivity index (χ0v) is 12.5. The fourth-order valence-electron chi connectivity index (χ4n) is 2.92. The molecule has 1 saturated heterocycles. The quantitative estimate of drug-likeness (QED) is 0.736. The van der Waals surface area contributed by atoms with Gasteiger partial charge in [0.2, 0.25) is 0 Å². The lowest BCUT2D eigenvalue weighted by atomic mass is 9.99. The average molecular weight is 240 g/mol. The Hall–Kier alpha value is -0.0800. The Kier molecular flexibility index (Phi) is 6.50. The van der Waals surface area contributed by atoms with Crippen LogP contribution in [0, 0.1) is 17.8 Å². The van der Waals surface area contributed by atoms with Crippen LogP contribution in [0.3, 0.4) is 0 Å². The molecule has 1 N–H and O–H groups in total. The molecular formula is C15H32N2. The van der Waals surface area contributed by atoms with Crippen LogP contribution in [0.25, 0.3) is 0 Å². The number of hydrogen-bond acceptors (Lipinski definition) is 2. The van der Waals surface area contributed by atoms with Crippen molar-refractivity contribution in [3.63, 3.8) is 0 Å². The van der Waals surface area contributed by atoms with Crippen LogP contribution in [0.15, 0.2) is 0 Å². The normalized spacial score (nSPS) is 23.8. The molecule has 0 spiro atoms. The molecule has 0 aromatic heterocycles. The minimum atomic E-state index is 0.722. The molecule has 0 amide bonds. The summed E-state index contributed by atoms with van der Waals surface area (Å²) in [6.45, 7) is 16.6. The van der Waals surface area contributed by atoms with Crippen molar-refractivity contribution in [3.8, 4) is 0 Å². The molecule has 2 atom stereocenters. The summed E-state index contributed by atoms with van der Waals surface area (Å²) in [5.74, 6) is 2.52. The van der Waals surface area contributed by atoms with Crippen LogP contribution >= 0.6 is 0 Å². The fourth-order valence-corrected chi connectivity index (χ4v) is 2.92. The Morgan fingerprint density at radius 3 is 2.41 bits per heavy atom. The average Bonchev–Trinajstić information content (AvgIpc) is 2.65. The van der Waals surface area contributed by atoms with Crippen LogP contribution in [0.5, 0.6) is 0 Å². The van der Waals surface area contributed by atoms with E-state index in [0.29, 0.717) is 0 Å². The van der Waals surface area contributed by atoms with E-state index in [1.807, 2.05) is 0 Å². The van der Waals surface area contributed by atoms with E-state index in [1.54, 1.807) is 0 Å². The molecule has 1 fully saturated rings. The van der Waals surface area contributed by atoms with Gasteiger partial charge in [0.05, 0.1) is 0 Å². The summed E-state index contributed by atoms with van der Waals surface area (Å²) in [5.41, 5.74) is 0. The highest BCUT2D eigenvalue weighted by Crippen LogP contribution is 2.17. The molecule has 102 valence electrons. The van der Waals surface area contributed by atoms with Gasteiger partial charge in [0.15, 0.2) is 0 Å². The van der Waals surface area contributed by atoms with E-state index in [0.717, 1.165) is 23.8 Å². The van der Waals surface area contributed by atoms with Gasteiger partial charge in [0.25, 0.3) is 0 Å². The van der Waals surface area contributed by atoms with Crippen LogP contribution < -0.4 is 5.32 Å². The number of nitrogens with one attached hydrogen (secondary N) is 1. The van der Waals surface area contributed by atoms with Gasteiger partial charge in [-0.25, -0.2) is 0 Å². The van der Waals surface area contributed by atoms with E-state index in [-0.39, 0.29) is 0 Å². The molecule has 0 radical (unpaired) electrons. The fraction of sp³-hybridized carbons (Fsp3) is 1.00. The Morgan fingerprint density at radius 2 is 1.88 bits per heavy atom. The van der Waals surface area contributed by atoms with E-state index in [2.05, 4.69) is 44.8 Å². The van der Waals surface area contributed by atoms with Crippen LogP contribution in [-0.4, -0.2) is 37.1 Å². The summed E-state index contributed by atoms with van der Waals surface area (Å²) in [7, 11) is 0. The zero-order chi connectivity index (χ0) is 12.8. The molecule has 1 heterocycles. The van der Waals surface area contributed by atoms with Crippen LogP contribution in [0.4, 0.5) is 0 Å². The Labute approximate surface area is 108 Å². The third kappa shape index (κ3) is 5.87. The van der Waals surface area contributed by atoms with Gasteiger partial charge >= 0.3 is 0 Å². The second-order valence-electron chi connectivity index (χ2n) is 6.64. The van der Waals surface area contributed by atoms with Crippen molar-refractivity contribution in [3.05, 3.63) is 0 Å². The first-order valence-electron chi connectivity index (χ1n) is 7.43. The number of rotatable bonds is 7. The smallest absolute Gasteiger partial charge is 0.00387 e. The van der Waals surface area contributed by atoms with E-state index < -0.39 is 0 Å². The van der Waals surface area contributed by atoms with Gasteiger partial charge in [0, 0.05) is 12.6 Å². The van der Waals surface area contributed by atoms with Crippen molar-refractivity contribution in [2.75, 3.05) is 26.2 Å². The zero-order valence-electron chi connectivity index (χ0n) is 12.5. The van der Waals surface area contributed by atoms with Gasteiger partial charge in [-0.15, -0.1) is 0 Å². The van der Waals surface area contributed by atoms with Crippen molar-refractivity contribution in [2.45, 2.75) is 53.5 Å². The molecule has 1 aliphatic rings. The van der Waals surface area contributed by atoms with Gasteiger partial charge in [-0.2, -0.15) is 0 Å². The first-order valence-corrected chi connectivity index (χ1v) is 7.43. The lowest BCUT2D eigenvalue weighted by Gasteiger charge is -2.21. The first kappa shape index (κ1) is 15.0. The molecule has 1 rings (SSSR count). The Bertz CT molecular complexity index is 201. The van der Waals surface area contributed by atoms with Gasteiger partial charge in [-0.05, 0) is 64.1 Å². The highest BCUT2D eigenvalue weighted by Gasteiger charge is 2.23. The lowest BCUT2D eigenvalue weighted by molar-refractivity contribution is 0.263.